The van der Waals surface area contributed by atoms with Crippen molar-refractivity contribution in [1.82, 2.24) is 0 Å². The molecule has 0 aliphatic rings. The molecule has 0 fully saturated rings. The standard InChI is InChI=1S/C15H15Cl/c1-11-6-5-7-12(2)14(11)10-13-8-3-4-9-15(13)16/h3-9H,10H2,1-2H3. The average molecular weight is 231 g/mol. The van der Waals surface area contributed by atoms with E-state index in [0.29, 0.717) is 0 Å². The van der Waals surface area contributed by atoms with Crippen LogP contribution in [0.25, 0.3) is 0 Å². The van der Waals surface area contributed by atoms with Gasteiger partial charge in [0.15, 0.2) is 0 Å². The maximum Gasteiger partial charge on any atom is 0.0441 e. The second kappa shape index (κ2) is 4.71. The van der Waals surface area contributed by atoms with Crippen molar-refractivity contribution >= 4 is 11.6 Å². The Morgan fingerprint density at radius 3 is 2.12 bits per heavy atom. The van der Waals surface area contributed by atoms with E-state index in [1.165, 1.54) is 22.3 Å². The Morgan fingerprint density at radius 2 is 1.50 bits per heavy atom. The number of hydrogen-bond donors (Lipinski definition) is 0. The molecule has 0 spiro atoms. The lowest BCUT2D eigenvalue weighted by Crippen LogP contribution is -1.95. The molecule has 0 N–H and O–H groups in total. The van der Waals surface area contributed by atoms with E-state index in [-0.39, 0.29) is 0 Å². The fourth-order valence-electron chi connectivity index (χ4n) is 1.96. The van der Waals surface area contributed by atoms with Crippen LogP contribution in [-0.4, -0.2) is 0 Å². The maximum absolute atomic E-state index is 6.18. The third-order valence-corrected chi connectivity index (χ3v) is 3.34. The number of aryl methyl sites for hydroxylation is 2. The van der Waals surface area contributed by atoms with Crippen molar-refractivity contribution in [3.8, 4) is 0 Å². The average Bonchev–Trinajstić information content (AvgIpc) is 2.26. The molecule has 82 valence electrons. The van der Waals surface area contributed by atoms with Gasteiger partial charge in [-0.2, -0.15) is 0 Å². The van der Waals surface area contributed by atoms with Gasteiger partial charge in [0.1, 0.15) is 0 Å². The van der Waals surface area contributed by atoms with Crippen molar-refractivity contribution in [2.45, 2.75) is 20.3 Å². The summed E-state index contributed by atoms with van der Waals surface area (Å²) in [6.07, 6.45) is 0.915. The van der Waals surface area contributed by atoms with Crippen molar-refractivity contribution in [3.05, 3.63) is 69.7 Å². The molecule has 1 heteroatoms. The summed E-state index contributed by atoms with van der Waals surface area (Å²) in [6.45, 7) is 4.30. The zero-order valence-corrected chi connectivity index (χ0v) is 10.4. The minimum atomic E-state index is 0.852. The van der Waals surface area contributed by atoms with Crippen LogP contribution in [0.2, 0.25) is 5.02 Å². The smallest absolute Gasteiger partial charge is 0.0441 e. The lowest BCUT2D eigenvalue weighted by molar-refractivity contribution is 1.12. The predicted octanol–water partition coefficient (Wildman–Crippen LogP) is 4.55. The summed E-state index contributed by atoms with van der Waals surface area (Å²) < 4.78 is 0. The number of hydrogen-bond acceptors (Lipinski definition) is 0. The molecule has 0 heterocycles. The van der Waals surface area contributed by atoms with Gasteiger partial charge in [-0.05, 0) is 48.6 Å². The summed E-state index contributed by atoms with van der Waals surface area (Å²) in [5, 5.41) is 0.852. The van der Waals surface area contributed by atoms with Gasteiger partial charge in [0.2, 0.25) is 0 Å². The Kier molecular flexibility index (Phi) is 3.31. The summed E-state index contributed by atoms with van der Waals surface area (Å²) in [5.41, 5.74) is 5.25. The van der Waals surface area contributed by atoms with Crippen LogP contribution in [0.5, 0.6) is 0 Å². The Hall–Kier alpha value is -1.27. The third kappa shape index (κ3) is 2.28. The van der Waals surface area contributed by atoms with Crippen molar-refractivity contribution in [2.24, 2.45) is 0 Å². The van der Waals surface area contributed by atoms with Crippen molar-refractivity contribution in [1.29, 1.82) is 0 Å². The molecule has 0 aliphatic carbocycles. The van der Waals surface area contributed by atoms with Gasteiger partial charge < -0.3 is 0 Å². The highest BCUT2D eigenvalue weighted by Crippen LogP contribution is 2.22. The van der Waals surface area contributed by atoms with Gasteiger partial charge in [-0.25, -0.2) is 0 Å². The first-order valence-electron chi connectivity index (χ1n) is 5.47. The van der Waals surface area contributed by atoms with E-state index in [0.717, 1.165) is 11.4 Å². The van der Waals surface area contributed by atoms with Crippen LogP contribution in [-0.2, 0) is 6.42 Å². The van der Waals surface area contributed by atoms with E-state index in [9.17, 15) is 0 Å². The molecule has 0 aliphatic heterocycles. The van der Waals surface area contributed by atoms with Gasteiger partial charge in [0.25, 0.3) is 0 Å². The molecular formula is C15H15Cl. The second-order valence-corrected chi connectivity index (χ2v) is 4.55. The monoisotopic (exact) mass is 230 g/mol. The molecule has 0 atom stereocenters. The van der Waals surface area contributed by atoms with Gasteiger partial charge in [0, 0.05) is 5.02 Å². The summed E-state index contributed by atoms with van der Waals surface area (Å²) >= 11 is 6.18. The summed E-state index contributed by atoms with van der Waals surface area (Å²) in [6, 6.07) is 14.4. The molecule has 0 radical (unpaired) electrons. The minimum absolute atomic E-state index is 0.852. The van der Waals surface area contributed by atoms with E-state index in [1.54, 1.807) is 0 Å². The lowest BCUT2D eigenvalue weighted by atomic mass is 9.96. The first-order chi connectivity index (χ1) is 7.68. The number of rotatable bonds is 2. The number of benzene rings is 2. The van der Waals surface area contributed by atoms with Crippen LogP contribution in [0.4, 0.5) is 0 Å². The molecular weight excluding hydrogens is 216 g/mol. The highest BCUT2D eigenvalue weighted by molar-refractivity contribution is 6.31. The molecule has 2 aromatic carbocycles. The molecule has 0 amide bonds. The fourth-order valence-corrected chi connectivity index (χ4v) is 2.16. The zero-order chi connectivity index (χ0) is 11.5. The second-order valence-electron chi connectivity index (χ2n) is 4.14. The third-order valence-electron chi connectivity index (χ3n) is 2.97. The van der Waals surface area contributed by atoms with E-state index >= 15 is 0 Å². The largest absolute Gasteiger partial charge is 0.0840 e. The lowest BCUT2D eigenvalue weighted by Gasteiger charge is -2.10. The van der Waals surface area contributed by atoms with Crippen molar-refractivity contribution in [2.75, 3.05) is 0 Å². The predicted molar refractivity (Wildman–Crippen MR) is 70.2 cm³/mol. The van der Waals surface area contributed by atoms with Gasteiger partial charge in [-0.3, -0.25) is 0 Å². The topological polar surface area (TPSA) is 0 Å². The van der Waals surface area contributed by atoms with E-state index in [4.69, 9.17) is 11.6 Å². The molecule has 2 aromatic rings. The van der Waals surface area contributed by atoms with Gasteiger partial charge >= 0.3 is 0 Å². The molecule has 16 heavy (non-hydrogen) atoms. The van der Waals surface area contributed by atoms with Crippen LogP contribution in [0, 0.1) is 13.8 Å². The quantitative estimate of drug-likeness (QED) is 0.710. The van der Waals surface area contributed by atoms with E-state index in [2.05, 4.69) is 38.1 Å². The van der Waals surface area contributed by atoms with Crippen LogP contribution < -0.4 is 0 Å². The maximum atomic E-state index is 6.18. The van der Waals surface area contributed by atoms with Crippen LogP contribution >= 0.6 is 11.6 Å². The first kappa shape index (κ1) is 11.2. The minimum Gasteiger partial charge on any atom is -0.0840 e. The fraction of sp³-hybridized carbons (Fsp3) is 0.200. The summed E-state index contributed by atoms with van der Waals surface area (Å²) in [7, 11) is 0. The Morgan fingerprint density at radius 1 is 0.875 bits per heavy atom. The van der Waals surface area contributed by atoms with Crippen LogP contribution in [0.3, 0.4) is 0 Å². The molecule has 0 nitrogen and oxygen atoms in total. The van der Waals surface area contributed by atoms with E-state index in [1.807, 2.05) is 18.2 Å². The van der Waals surface area contributed by atoms with E-state index < -0.39 is 0 Å². The van der Waals surface area contributed by atoms with Crippen LogP contribution in [0.1, 0.15) is 22.3 Å². The summed E-state index contributed by atoms with van der Waals surface area (Å²) in [4.78, 5) is 0. The SMILES string of the molecule is Cc1cccc(C)c1Cc1ccccc1Cl. The van der Waals surface area contributed by atoms with Gasteiger partial charge in [-0.1, -0.05) is 48.0 Å². The Balaban J connectivity index is 2.38. The molecule has 2 rings (SSSR count). The zero-order valence-electron chi connectivity index (χ0n) is 9.63. The van der Waals surface area contributed by atoms with Gasteiger partial charge in [0.05, 0.1) is 0 Å². The summed E-state index contributed by atoms with van der Waals surface area (Å²) in [5.74, 6) is 0. The molecule has 0 saturated carbocycles. The van der Waals surface area contributed by atoms with Gasteiger partial charge in [-0.15, -0.1) is 0 Å². The Labute approximate surface area is 102 Å². The molecule has 0 aromatic heterocycles. The highest BCUT2D eigenvalue weighted by atomic mass is 35.5. The molecule has 0 saturated heterocycles. The molecule has 0 unspecified atom stereocenters. The van der Waals surface area contributed by atoms with Crippen LogP contribution in [0.15, 0.2) is 42.5 Å². The Bertz CT molecular complexity index is 480. The van der Waals surface area contributed by atoms with Crippen molar-refractivity contribution < 1.29 is 0 Å². The first-order valence-corrected chi connectivity index (χ1v) is 5.85. The van der Waals surface area contributed by atoms with Crippen molar-refractivity contribution in [3.63, 3.8) is 0 Å². The molecule has 0 bridgehead atoms. The normalized spacial score (nSPS) is 10.4. The number of halogens is 1. The highest BCUT2D eigenvalue weighted by Gasteiger charge is 2.05.